The number of ether oxygens (including phenoxy) is 1. The SMILES string of the molecule is Cc1oc(COc2cc(Br)ccc2Cl)cc1C(=O)O. The van der Waals surface area contributed by atoms with E-state index in [1.807, 2.05) is 0 Å². The highest BCUT2D eigenvalue weighted by Gasteiger charge is 2.14. The van der Waals surface area contributed by atoms with Gasteiger partial charge in [0.1, 0.15) is 29.4 Å². The molecule has 2 aromatic rings. The Morgan fingerprint density at radius 1 is 1.47 bits per heavy atom. The van der Waals surface area contributed by atoms with E-state index in [0.717, 1.165) is 4.47 Å². The van der Waals surface area contributed by atoms with Crippen LogP contribution in [0.2, 0.25) is 5.02 Å². The van der Waals surface area contributed by atoms with E-state index < -0.39 is 5.97 Å². The van der Waals surface area contributed by atoms with Crippen molar-refractivity contribution in [3.8, 4) is 5.75 Å². The molecule has 0 aliphatic carbocycles. The molecule has 6 heteroatoms. The van der Waals surface area contributed by atoms with Crippen molar-refractivity contribution < 1.29 is 19.1 Å². The second-order valence-electron chi connectivity index (χ2n) is 3.85. The number of aryl methyl sites for hydroxylation is 1. The fourth-order valence-electron chi connectivity index (χ4n) is 1.56. The Labute approximate surface area is 123 Å². The summed E-state index contributed by atoms with van der Waals surface area (Å²) in [4.78, 5) is 10.9. The average Bonchev–Trinajstić information content (AvgIpc) is 2.72. The number of carboxylic acids is 1. The van der Waals surface area contributed by atoms with Gasteiger partial charge in [0, 0.05) is 4.47 Å². The van der Waals surface area contributed by atoms with Crippen molar-refractivity contribution in [3.63, 3.8) is 0 Å². The largest absolute Gasteiger partial charge is 0.484 e. The van der Waals surface area contributed by atoms with Crippen LogP contribution in [0, 0.1) is 6.92 Å². The monoisotopic (exact) mass is 344 g/mol. The van der Waals surface area contributed by atoms with Crippen molar-refractivity contribution in [1.29, 1.82) is 0 Å². The Bertz CT molecular complexity index is 621. The van der Waals surface area contributed by atoms with Gasteiger partial charge in [0.25, 0.3) is 0 Å². The average molecular weight is 346 g/mol. The van der Waals surface area contributed by atoms with Crippen LogP contribution < -0.4 is 4.74 Å². The minimum atomic E-state index is -1.02. The van der Waals surface area contributed by atoms with Gasteiger partial charge < -0.3 is 14.3 Å². The van der Waals surface area contributed by atoms with E-state index in [1.54, 1.807) is 25.1 Å². The lowest BCUT2D eigenvalue weighted by Gasteiger charge is -2.06. The number of benzene rings is 1. The Kier molecular flexibility index (Phi) is 4.17. The minimum Gasteiger partial charge on any atom is -0.484 e. The van der Waals surface area contributed by atoms with Crippen molar-refractivity contribution in [2.45, 2.75) is 13.5 Å². The number of halogens is 2. The first-order valence-electron chi connectivity index (χ1n) is 5.38. The summed E-state index contributed by atoms with van der Waals surface area (Å²) < 4.78 is 11.7. The summed E-state index contributed by atoms with van der Waals surface area (Å²) in [5.74, 6) is 0.271. The molecule has 0 saturated heterocycles. The van der Waals surface area contributed by atoms with Gasteiger partial charge in [-0.3, -0.25) is 0 Å². The third-order valence-electron chi connectivity index (χ3n) is 2.46. The van der Waals surface area contributed by atoms with E-state index >= 15 is 0 Å². The summed E-state index contributed by atoms with van der Waals surface area (Å²) in [6.45, 7) is 1.71. The molecular weight excluding hydrogens is 335 g/mol. The summed E-state index contributed by atoms with van der Waals surface area (Å²) >= 11 is 9.30. The standard InChI is InChI=1S/C13H10BrClO4/c1-7-10(13(16)17)5-9(19-7)6-18-12-4-8(14)2-3-11(12)15/h2-5H,6H2,1H3,(H,16,17). The zero-order valence-electron chi connectivity index (χ0n) is 9.94. The van der Waals surface area contributed by atoms with Crippen molar-refractivity contribution in [2.24, 2.45) is 0 Å². The second-order valence-corrected chi connectivity index (χ2v) is 5.17. The van der Waals surface area contributed by atoms with Crippen molar-refractivity contribution in [1.82, 2.24) is 0 Å². The molecule has 0 unspecified atom stereocenters. The number of carbonyl (C=O) groups is 1. The van der Waals surface area contributed by atoms with Crippen LogP contribution in [0.15, 0.2) is 33.2 Å². The number of hydrogen-bond acceptors (Lipinski definition) is 3. The molecule has 1 heterocycles. The number of rotatable bonds is 4. The van der Waals surface area contributed by atoms with E-state index in [0.29, 0.717) is 22.3 Å². The maximum atomic E-state index is 10.9. The van der Waals surface area contributed by atoms with Gasteiger partial charge in [-0.05, 0) is 31.2 Å². The van der Waals surface area contributed by atoms with Gasteiger partial charge in [0.2, 0.25) is 0 Å². The molecule has 1 aromatic carbocycles. The van der Waals surface area contributed by atoms with E-state index in [-0.39, 0.29) is 12.2 Å². The van der Waals surface area contributed by atoms with Gasteiger partial charge in [-0.2, -0.15) is 0 Å². The van der Waals surface area contributed by atoms with Crippen LogP contribution in [0.5, 0.6) is 5.75 Å². The molecular formula is C13H10BrClO4. The topological polar surface area (TPSA) is 59.7 Å². The van der Waals surface area contributed by atoms with Crippen LogP contribution in [-0.2, 0) is 6.61 Å². The summed E-state index contributed by atoms with van der Waals surface area (Å²) in [6, 6.07) is 6.69. The van der Waals surface area contributed by atoms with Gasteiger partial charge in [-0.25, -0.2) is 4.79 Å². The molecule has 4 nitrogen and oxygen atoms in total. The predicted octanol–water partition coefficient (Wildman–Crippen LogP) is 4.28. The van der Waals surface area contributed by atoms with Gasteiger partial charge in [0.05, 0.1) is 5.02 Å². The fourth-order valence-corrected chi connectivity index (χ4v) is 2.08. The minimum absolute atomic E-state index is 0.115. The molecule has 0 bridgehead atoms. The summed E-state index contributed by atoms with van der Waals surface area (Å²) in [6.07, 6.45) is 0. The Morgan fingerprint density at radius 2 is 2.21 bits per heavy atom. The summed E-state index contributed by atoms with van der Waals surface area (Å²) in [7, 11) is 0. The fraction of sp³-hybridized carbons (Fsp3) is 0.154. The van der Waals surface area contributed by atoms with Crippen LogP contribution in [-0.4, -0.2) is 11.1 Å². The van der Waals surface area contributed by atoms with Crippen LogP contribution in [0.4, 0.5) is 0 Å². The zero-order chi connectivity index (χ0) is 14.0. The first kappa shape index (κ1) is 14.0. The molecule has 0 aliphatic rings. The smallest absolute Gasteiger partial charge is 0.339 e. The normalized spacial score (nSPS) is 10.5. The molecule has 1 aromatic heterocycles. The van der Waals surface area contributed by atoms with Crippen molar-refractivity contribution in [3.05, 3.63) is 50.8 Å². The molecule has 0 amide bonds. The molecule has 19 heavy (non-hydrogen) atoms. The molecule has 0 radical (unpaired) electrons. The summed E-state index contributed by atoms with van der Waals surface area (Å²) in [5, 5.41) is 9.39. The highest BCUT2D eigenvalue weighted by atomic mass is 79.9. The summed E-state index contributed by atoms with van der Waals surface area (Å²) in [5.41, 5.74) is 0.138. The van der Waals surface area contributed by atoms with E-state index in [1.165, 1.54) is 6.07 Å². The van der Waals surface area contributed by atoms with Crippen LogP contribution in [0.1, 0.15) is 21.9 Å². The lowest BCUT2D eigenvalue weighted by Crippen LogP contribution is -1.96. The zero-order valence-corrected chi connectivity index (χ0v) is 12.3. The number of aromatic carboxylic acids is 1. The van der Waals surface area contributed by atoms with Crippen LogP contribution in [0.25, 0.3) is 0 Å². The maximum Gasteiger partial charge on any atom is 0.339 e. The van der Waals surface area contributed by atoms with Gasteiger partial charge in [0.15, 0.2) is 0 Å². The maximum absolute atomic E-state index is 10.9. The molecule has 2 rings (SSSR count). The second kappa shape index (κ2) is 5.67. The lowest BCUT2D eigenvalue weighted by molar-refractivity contribution is 0.0695. The van der Waals surface area contributed by atoms with Crippen molar-refractivity contribution >= 4 is 33.5 Å². The third kappa shape index (κ3) is 3.30. The Morgan fingerprint density at radius 3 is 2.84 bits per heavy atom. The Balaban J connectivity index is 2.12. The number of hydrogen-bond donors (Lipinski definition) is 1. The lowest BCUT2D eigenvalue weighted by atomic mass is 10.2. The highest BCUT2D eigenvalue weighted by molar-refractivity contribution is 9.10. The molecule has 0 spiro atoms. The van der Waals surface area contributed by atoms with Gasteiger partial charge in [-0.1, -0.05) is 27.5 Å². The Hall–Kier alpha value is -1.46. The van der Waals surface area contributed by atoms with Gasteiger partial charge in [-0.15, -0.1) is 0 Å². The van der Waals surface area contributed by atoms with Gasteiger partial charge >= 0.3 is 5.97 Å². The van der Waals surface area contributed by atoms with Crippen LogP contribution in [0.3, 0.4) is 0 Å². The predicted molar refractivity (Wildman–Crippen MR) is 73.9 cm³/mol. The highest BCUT2D eigenvalue weighted by Crippen LogP contribution is 2.29. The first-order chi connectivity index (χ1) is 8.97. The quantitative estimate of drug-likeness (QED) is 0.898. The molecule has 1 N–H and O–H groups in total. The van der Waals surface area contributed by atoms with Crippen LogP contribution >= 0.6 is 27.5 Å². The number of carboxylic acid groups (broad SMARTS) is 1. The molecule has 0 fully saturated rings. The molecule has 0 saturated carbocycles. The van der Waals surface area contributed by atoms with E-state index in [2.05, 4.69) is 15.9 Å². The van der Waals surface area contributed by atoms with Crippen molar-refractivity contribution in [2.75, 3.05) is 0 Å². The molecule has 100 valence electrons. The third-order valence-corrected chi connectivity index (χ3v) is 3.27. The first-order valence-corrected chi connectivity index (χ1v) is 6.55. The molecule has 0 atom stereocenters. The number of furan rings is 1. The van der Waals surface area contributed by atoms with E-state index in [4.69, 9.17) is 25.9 Å². The molecule has 0 aliphatic heterocycles. The van der Waals surface area contributed by atoms with E-state index in [9.17, 15) is 4.79 Å².